The fourth-order valence-corrected chi connectivity index (χ4v) is 4.07. The molecular weight excluding hydrogens is 387 g/mol. The van der Waals surface area contributed by atoms with E-state index in [4.69, 9.17) is 0 Å². The van der Waals surface area contributed by atoms with Crippen LogP contribution in [0.25, 0.3) is 22.9 Å². The van der Waals surface area contributed by atoms with Crippen LogP contribution in [0.3, 0.4) is 0 Å². The molecule has 1 spiro atoms. The van der Waals surface area contributed by atoms with Crippen molar-refractivity contribution >= 4 is 0 Å². The summed E-state index contributed by atoms with van der Waals surface area (Å²) in [7, 11) is 0. The maximum absolute atomic E-state index is 13.5. The summed E-state index contributed by atoms with van der Waals surface area (Å²) in [4.78, 5) is 12.2. The first-order chi connectivity index (χ1) is 13.8. The quantitative estimate of drug-likeness (QED) is 0.350. The van der Waals surface area contributed by atoms with Gasteiger partial charge in [-0.2, -0.15) is 23.3 Å². The Morgan fingerprint density at radius 3 is 2.62 bits per heavy atom. The van der Waals surface area contributed by atoms with E-state index in [2.05, 4.69) is 25.1 Å². The molecule has 0 saturated heterocycles. The highest BCUT2D eigenvalue weighted by molar-refractivity contribution is 5.55. The second-order valence-corrected chi connectivity index (χ2v) is 6.97. The van der Waals surface area contributed by atoms with Gasteiger partial charge in [-0.15, -0.1) is 9.78 Å². The smallest absolute Gasteiger partial charge is 0.251 e. The van der Waals surface area contributed by atoms with Crippen molar-refractivity contribution in [1.82, 2.24) is 34.5 Å². The Kier molecular flexibility index (Phi) is 2.71. The zero-order valence-corrected chi connectivity index (χ0v) is 15.1. The number of aromatic nitrogens is 9. The van der Waals surface area contributed by atoms with Crippen molar-refractivity contribution in [3.05, 3.63) is 54.3 Å². The maximum Gasteiger partial charge on any atom is 0.584 e. The Hall–Kier alpha value is -3.70. The second kappa shape index (κ2) is 4.82. The van der Waals surface area contributed by atoms with Crippen LogP contribution < -0.4 is 9.13 Å². The SMILES string of the molecule is Cc1c[n+]2c(cn1)-c1cc(C)nn1C21n2nc(C(F)(F)F)nc2-c2cncc[n+]21. The molecule has 0 amide bonds. The molecule has 9 nitrogen and oxygen atoms in total. The minimum Gasteiger partial charge on any atom is -0.251 e. The van der Waals surface area contributed by atoms with Crippen LogP contribution in [0.2, 0.25) is 0 Å². The van der Waals surface area contributed by atoms with Gasteiger partial charge in [0.05, 0.1) is 11.9 Å². The molecule has 29 heavy (non-hydrogen) atoms. The first kappa shape index (κ1) is 16.3. The van der Waals surface area contributed by atoms with E-state index in [1.54, 1.807) is 34.0 Å². The number of nitrogens with zero attached hydrogens (tertiary/aromatic N) is 9. The van der Waals surface area contributed by atoms with Crippen LogP contribution in [0.15, 0.2) is 37.1 Å². The van der Waals surface area contributed by atoms with Crippen LogP contribution in [-0.2, 0) is 12.1 Å². The van der Waals surface area contributed by atoms with Crippen molar-refractivity contribution in [2.45, 2.75) is 25.9 Å². The normalized spacial score (nSPS) is 18.7. The zero-order chi connectivity index (χ0) is 20.1. The van der Waals surface area contributed by atoms with Gasteiger partial charge in [-0.25, -0.2) is 4.98 Å². The van der Waals surface area contributed by atoms with E-state index < -0.39 is 17.9 Å². The summed E-state index contributed by atoms with van der Waals surface area (Å²) in [5, 5.41) is 8.48. The zero-order valence-electron chi connectivity index (χ0n) is 15.1. The molecule has 6 heterocycles. The lowest BCUT2D eigenvalue weighted by Gasteiger charge is -2.15. The summed E-state index contributed by atoms with van der Waals surface area (Å²) in [5.74, 6) is -2.54. The van der Waals surface area contributed by atoms with E-state index in [-0.39, 0.29) is 5.82 Å². The highest BCUT2D eigenvalue weighted by atomic mass is 19.4. The van der Waals surface area contributed by atoms with Crippen molar-refractivity contribution < 1.29 is 22.3 Å². The summed E-state index contributed by atoms with van der Waals surface area (Å²) >= 11 is 0. The average molecular weight is 399 g/mol. The van der Waals surface area contributed by atoms with E-state index in [0.29, 0.717) is 28.5 Å². The van der Waals surface area contributed by atoms with Crippen LogP contribution in [0, 0.1) is 13.8 Å². The molecule has 0 radical (unpaired) electrons. The number of hydrogen-bond donors (Lipinski definition) is 0. The van der Waals surface area contributed by atoms with E-state index >= 15 is 0 Å². The first-order valence-corrected chi connectivity index (χ1v) is 8.69. The van der Waals surface area contributed by atoms with Gasteiger partial charge >= 0.3 is 12.1 Å². The van der Waals surface area contributed by atoms with Crippen LogP contribution in [-0.4, -0.2) is 34.5 Å². The molecule has 4 aromatic heterocycles. The number of fused-ring (bicyclic) bond motifs is 10. The monoisotopic (exact) mass is 399 g/mol. The molecule has 2 aliphatic heterocycles. The van der Waals surface area contributed by atoms with Gasteiger partial charge in [-0.1, -0.05) is 13.8 Å². The molecule has 0 aromatic carbocycles. The van der Waals surface area contributed by atoms with Crippen LogP contribution in [0.4, 0.5) is 13.2 Å². The van der Waals surface area contributed by atoms with Crippen molar-refractivity contribution in [2.75, 3.05) is 0 Å². The third-order valence-corrected chi connectivity index (χ3v) is 5.12. The Morgan fingerprint density at radius 2 is 1.83 bits per heavy atom. The van der Waals surface area contributed by atoms with Gasteiger partial charge in [-0.3, -0.25) is 4.98 Å². The number of hydrogen-bond acceptors (Lipinski definition) is 5. The third-order valence-electron chi connectivity index (χ3n) is 5.12. The second-order valence-electron chi connectivity index (χ2n) is 6.97. The summed E-state index contributed by atoms with van der Waals surface area (Å²) in [5.41, 5.74) is 3.21. The van der Waals surface area contributed by atoms with Crippen LogP contribution in [0.1, 0.15) is 17.2 Å². The Labute approximate surface area is 160 Å². The summed E-state index contributed by atoms with van der Waals surface area (Å²) in [6, 6.07) is 1.86. The Morgan fingerprint density at radius 1 is 1.00 bits per heavy atom. The lowest BCUT2D eigenvalue weighted by atomic mass is 10.3. The summed E-state index contributed by atoms with van der Waals surface area (Å²) in [6.07, 6.45) is 3.47. The van der Waals surface area contributed by atoms with Crippen molar-refractivity contribution in [3.8, 4) is 22.9 Å². The predicted molar refractivity (Wildman–Crippen MR) is 87.7 cm³/mol. The van der Waals surface area contributed by atoms with E-state index in [1.807, 2.05) is 24.5 Å². The average Bonchev–Trinajstić information content (AvgIpc) is 3.37. The highest BCUT2D eigenvalue weighted by Gasteiger charge is 2.71. The molecule has 0 aliphatic carbocycles. The van der Waals surface area contributed by atoms with Gasteiger partial charge in [0.15, 0.2) is 11.9 Å². The Bertz CT molecular complexity index is 1340. The molecule has 1 atom stereocenters. The van der Waals surface area contributed by atoms with Crippen LogP contribution >= 0.6 is 0 Å². The highest BCUT2D eigenvalue weighted by Crippen LogP contribution is 2.38. The standard InChI is InChI=1S/C17H12F3N9/c1-9-5-11-12-7-22-10(2)8-27(12)17(28(11)24-9)26-4-3-21-6-13(26)14-23-15(16(18,19)20)25-29(14)17/h3-8H,1-2H3/q+2. The van der Waals surface area contributed by atoms with Gasteiger partial charge in [0.1, 0.15) is 18.1 Å². The topological polar surface area (TPSA) is 82.1 Å². The van der Waals surface area contributed by atoms with Gasteiger partial charge in [-0.05, 0) is 19.9 Å². The maximum atomic E-state index is 13.5. The molecule has 0 fully saturated rings. The Balaban J connectivity index is 1.81. The molecule has 0 saturated carbocycles. The van der Waals surface area contributed by atoms with Gasteiger partial charge < -0.3 is 0 Å². The fourth-order valence-electron chi connectivity index (χ4n) is 4.07. The fraction of sp³-hybridized carbons (Fsp3) is 0.235. The van der Waals surface area contributed by atoms with Gasteiger partial charge in [0, 0.05) is 0 Å². The molecule has 0 bridgehead atoms. The van der Waals surface area contributed by atoms with Crippen LogP contribution in [0.5, 0.6) is 0 Å². The molecule has 0 N–H and O–H groups in total. The summed E-state index contributed by atoms with van der Waals surface area (Å²) < 4.78 is 46.8. The van der Waals surface area contributed by atoms with Crippen molar-refractivity contribution in [2.24, 2.45) is 0 Å². The minimum atomic E-state index is -4.69. The summed E-state index contributed by atoms with van der Waals surface area (Å²) in [6.45, 7) is 3.63. The lowest BCUT2D eigenvalue weighted by molar-refractivity contribution is -0.991. The molecule has 6 rings (SSSR count). The molecule has 1 unspecified atom stereocenters. The third kappa shape index (κ3) is 1.78. The molecule has 2 aliphatic rings. The van der Waals surface area contributed by atoms with Gasteiger partial charge in [0.2, 0.25) is 12.0 Å². The molecular formula is C17H12F3N9+2. The minimum absolute atomic E-state index is 0.0549. The predicted octanol–water partition coefficient (Wildman–Crippen LogP) is 0.649. The van der Waals surface area contributed by atoms with Crippen molar-refractivity contribution in [3.63, 3.8) is 0 Å². The molecule has 4 aromatic rings. The number of aryl methyl sites for hydroxylation is 2. The largest absolute Gasteiger partial charge is 0.584 e. The number of alkyl halides is 3. The molecule has 144 valence electrons. The number of rotatable bonds is 0. The van der Waals surface area contributed by atoms with Crippen molar-refractivity contribution in [1.29, 1.82) is 0 Å². The first-order valence-electron chi connectivity index (χ1n) is 8.69. The lowest BCUT2D eigenvalue weighted by Crippen LogP contribution is -2.77. The number of halogens is 3. The van der Waals surface area contributed by atoms with E-state index in [9.17, 15) is 13.2 Å². The molecule has 12 heteroatoms. The van der Waals surface area contributed by atoms with E-state index in [0.717, 1.165) is 0 Å². The van der Waals surface area contributed by atoms with Gasteiger partial charge in [0.25, 0.3) is 17.2 Å². The van der Waals surface area contributed by atoms with E-state index in [1.165, 1.54) is 10.9 Å².